The van der Waals surface area contributed by atoms with E-state index in [0.717, 1.165) is 5.56 Å². The maximum absolute atomic E-state index is 7.42. The molecule has 0 saturated heterocycles. The average molecular weight is 270 g/mol. The third kappa shape index (κ3) is 3.29. The van der Waals surface area contributed by atoms with Crippen LogP contribution >= 0.6 is 0 Å². The predicted octanol–water partition coefficient (Wildman–Crippen LogP) is 2.87. The molecule has 0 amide bonds. The van der Waals surface area contributed by atoms with Crippen molar-refractivity contribution < 1.29 is 9.47 Å². The average Bonchev–Trinajstić information content (AvgIpc) is 2.45. The van der Waals surface area contributed by atoms with Crippen LogP contribution in [0.2, 0.25) is 0 Å². The van der Waals surface area contributed by atoms with E-state index in [-0.39, 0.29) is 5.84 Å². The van der Waals surface area contributed by atoms with Crippen LogP contribution in [0.5, 0.6) is 11.5 Å². The Balaban J connectivity index is 2.15. The fourth-order valence-corrected chi connectivity index (χ4v) is 1.92. The fraction of sp³-hybridized carbons (Fsp3) is 0.188. The second-order valence-electron chi connectivity index (χ2n) is 4.56. The Bertz CT molecular complexity index is 624. The number of hydrogen-bond donors (Lipinski definition) is 2. The van der Waals surface area contributed by atoms with Gasteiger partial charge in [-0.3, -0.25) is 5.41 Å². The summed E-state index contributed by atoms with van der Waals surface area (Å²) < 4.78 is 11.0. The molecule has 0 aliphatic heterocycles. The van der Waals surface area contributed by atoms with Crippen LogP contribution in [0.15, 0.2) is 42.5 Å². The molecule has 4 nitrogen and oxygen atoms in total. The minimum atomic E-state index is 0.00790. The molecule has 0 aromatic heterocycles. The van der Waals surface area contributed by atoms with Crippen molar-refractivity contribution in [2.45, 2.75) is 13.5 Å². The summed E-state index contributed by atoms with van der Waals surface area (Å²) in [5.41, 5.74) is 8.37. The van der Waals surface area contributed by atoms with Gasteiger partial charge < -0.3 is 15.2 Å². The zero-order valence-corrected chi connectivity index (χ0v) is 11.6. The van der Waals surface area contributed by atoms with Crippen LogP contribution in [-0.2, 0) is 6.61 Å². The minimum Gasteiger partial charge on any atom is -0.493 e. The van der Waals surface area contributed by atoms with Gasteiger partial charge in [0.05, 0.1) is 7.11 Å². The molecule has 2 rings (SSSR count). The fourth-order valence-electron chi connectivity index (χ4n) is 1.92. The van der Waals surface area contributed by atoms with Crippen LogP contribution in [0.4, 0.5) is 0 Å². The molecule has 104 valence electrons. The van der Waals surface area contributed by atoms with Crippen molar-refractivity contribution >= 4 is 5.84 Å². The van der Waals surface area contributed by atoms with Crippen molar-refractivity contribution in [2.75, 3.05) is 7.11 Å². The molecule has 0 unspecified atom stereocenters. The van der Waals surface area contributed by atoms with Crippen LogP contribution in [-0.4, -0.2) is 12.9 Å². The zero-order chi connectivity index (χ0) is 14.5. The molecule has 3 N–H and O–H groups in total. The lowest BCUT2D eigenvalue weighted by atomic mass is 10.1. The van der Waals surface area contributed by atoms with Crippen molar-refractivity contribution in [3.8, 4) is 11.5 Å². The molecule has 0 radical (unpaired) electrons. The van der Waals surface area contributed by atoms with Gasteiger partial charge in [-0.05, 0) is 30.7 Å². The molecule has 0 atom stereocenters. The van der Waals surface area contributed by atoms with Crippen molar-refractivity contribution in [1.29, 1.82) is 5.41 Å². The number of ether oxygens (including phenoxy) is 2. The molecule has 0 aliphatic carbocycles. The summed E-state index contributed by atoms with van der Waals surface area (Å²) in [6.07, 6.45) is 0. The SMILES string of the molecule is COc1cc(C(=N)N)ccc1OCc1cccc(C)c1. The van der Waals surface area contributed by atoms with Gasteiger partial charge in [0.1, 0.15) is 12.4 Å². The summed E-state index contributed by atoms with van der Waals surface area (Å²) in [5, 5.41) is 7.42. The molecule has 0 aliphatic rings. The van der Waals surface area contributed by atoms with Crippen molar-refractivity contribution in [3.63, 3.8) is 0 Å². The number of nitrogen functional groups attached to an aromatic ring is 1. The number of methoxy groups -OCH3 is 1. The first-order valence-corrected chi connectivity index (χ1v) is 6.31. The number of nitrogens with one attached hydrogen (secondary N) is 1. The molecule has 0 bridgehead atoms. The van der Waals surface area contributed by atoms with E-state index < -0.39 is 0 Å². The van der Waals surface area contributed by atoms with Crippen molar-refractivity contribution in [3.05, 3.63) is 59.2 Å². The van der Waals surface area contributed by atoms with E-state index in [0.29, 0.717) is 23.7 Å². The zero-order valence-electron chi connectivity index (χ0n) is 11.6. The standard InChI is InChI=1S/C16H18N2O2/c1-11-4-3-5-12(8-11)10-20-14-7-6-13(16(17)18)9-15(14)19-2/h3-9H,10H2,1-2H3,(H3,17,18). The van der Waals surface area contributed by atoms with Crippen LogP contribution < -0.4 is 15.2 Å². The number of aryl methyl sites for hydroxylation is 1. The van der Waals surface area contributed by atoms with E-state index in [2.05, 4.69) is 6.07 Å². The smallest absolute Gasteiger partial charge is 0.161 e. The number of amidine groups is 1. The van der Waals surface area contributed by atoms with Gasteiger partial charge in [-0.2, -0.15) is 0 Å². The lowest BCUT2D eigenvalue weighted by Crippen LogP contribution is -2.11. The molecular weight excluding hydrogens is 252 g/mol. The third-order valence-electron chi connectivity index (χ3n) is 2.95. The van der Waals surface area contributed by atoms with E-state index in [1.165, 1.54) is 5.56 Å². The van der Waals surface area contributed by atoms with Gasteiger partial charge in [-0.25, -0.2) is 0 Å². The number of rotatable bonds is 5. The van der Waals surface area contributed by atoms with Gasteiger partial charge in [-0.15, -0.1) is 0 Å². The summed E-state index contributed by atoms with van der Waals surface area (Å²) in [4.78, 5) is 0. The first-order chi connectivity index (χ1) is 9.60. The topological polar surface area (TPSA) is 68.3 Å². The monoisotopic (exact) mass is 270 g/mol. The maximum atomic E-state index is 7.42. The van der Waals surface area contributed by atoms with E-state index in [4.69, 9.17) is 20.6 Å². The first-order valence-electron chi connectivity index (χ1n) is 6.31. The van der Waals surface area contributed by atoms with Gasteiger partial charge in [0.25, 0.3) is 0 Å². The number of benzene rings is 2. The third-order valence-corrected chi connectivity index (χ3v) is 2.95. The normalized spacial score (nSPS) is 10.1. The second-order valence-corrected chi connectivity index (χ2v) is 4.56. The largest absolute Gasteiger partial charge is 0.493 e. The van der Waals surface area contributed by atoms with Crippen molar-refractivity contribution in [1.82, 2.24) is 0 Å². The number of nitrogens with two attached hydrogens (primary N) is 1. The summed E-state index contributed by atoms with van der Waals surface area (Å²) >= 11 is 0. The molecule has 2 aromatic carbocycles. The quantitative estimate of drug-likeness (QED) is 0.648. The van der Waals surface area contributed by atoms with E-state index in [1.54, 1.807) is 25.3 Å². The molecule has 0 spiro atoms. The molecule has 20 heavy (non-hydrogen) atoms. The van der Waals surface area contributed by atoms with E-state index in [1.807, 2.05) is 25.1 Å². The van der Waals surface area contributed by atoms with Crippen molar-refractivity contribution in [2.24, 2.45) is 5.73 Å². The Hall–Kier alpha value is -2.49. The summed E-state index contributed by atoms with van der Waals surface area (Å²) in [5.74, 6) is 1.22. The Labute approximate surface area is 118 Å². The first kappa shape index (κ1) is 13.9. The van der Waals surface area contributed by atoms with E-state index in [9.17, 15) is 0 Å². The highest BCUT2D eigenvalue weighted by atomic mass is 16.5. The maximum Gasteiger partial charge on any atom is 0.161 e. The molecule has 0 heterocycles. The number of hydrogen-bond acceptors (Lipinski definition) is 3. The minimum absolute atomic E-state index is 0.00790. The van der Waals surface area contributed by atoms with Crippen LogP contribution in [0, 0.1) is 12.3 Å². The molecule has 0 fully saturated rings. The van der Waals surface area contributed by atoms with Crippen LogP contribution in [0.3, 0.4) is 0 Å². The summed E-state index contributed by atoms with van der Waals surface area (Å²) in [6.45, 7) is 2.52. The van der Waals surface area contributed by atoms with Gasteiger partial charge >= 0.3 is 0 Å². The van der Waals surface area contributed by atoms with Crippen LogP contribution in [0.1, 0.15) is 16.7 Å². The lowest BCUT2D eigenvalue weighted by Gasteiger charge is -2.12. The molecular formula is C16H18N2O2. The predicted molar refractivity (Wildman–Crippen MR) is 79.5 cm³/mol. The second kappa shape index (κ2) is 6.10. The highest BCUT2D eigenvalue weighted by molar-refractivity contribution is 5.95. The summed E-state index contributed by atoms with van der Waals surface area (Å²) in [7, 11) is 1.57. The highest BCUT2D eigenvalue weighted by Crippen LogP contribution is 2.28. The summed E-state index contributed by atoms with van der Waals surface area (Å²) in [6, 6.07) is 13.4. The van der Waals surface area contributed by atoms with Gasteiger partial charge in [0.2, 0.25) is 0 Å². The molecule has 2 aromatic rings. The Morgan fingerprint density at radius 3 is 2.60 bits per heavy atom. The Morgan fingerprint density at radius 2 is 1.95 bits per heavy atom. The molecule has 4 heteroatoms. The van der Waals surface area contributed by atoms with Crippen LogP contribution in [0.25, 0.3) is 0 Å². The van der Waals surface area contributed by atoms with Gasteiger partial charge in [0.15, 0.2) is 11.5 Å². The van der Waals surface area contributed by atoms with Gasteiger partial charge in [0, 0.05) is 5.56 Å². The lowest BCUT2D eigenvalue weighted by molar-refractivity contribution is 0.284. The van der Waals surface area contributed by atoms with Gasteiger partial charge in [-0.1, -0.05) is 29.8 Å². The van der Waals surface area contributed by atoms with E-state index >= 15 is 0 Å². The highest BCUT2D eigenvalue weighted by Gasteiger charge is 2.07. The Kier molecular flexibility index (Phi) is 4.25. The molecule has 0 saturated carbocycles. The Morgan fingerprint density at radius 1 is 1.15 bits per heavy atom.